The molecule has 78 valence electrons. The molecule has 0 saturated carbocycles. The number of benzene rings is 1. The second kappa shape index (κ2) is 4.96. The van der Waals surface area contributed by atoms with Gasteiger partial charge in [0.25, 0.3) is 0 Å². The number of ether oxygens (including phenoxy) is 1. The van der Waals surface area contributed by atoms with Gasteiger partial charge in [0.1, 0.15) is 6.61 Å². The van der Waals surface area contributed by atoms with Crippen LogP contribution in [0.15, 0.2) is 18.2 Å². The van der Waals surface area contributed by atoms with Gasteiger partial charge in [-0.05, 0) is 18.6 Å². The monoisotopic (exact) mass is 206 g/mol. The standard InChI is InChI=1S/C10H10N2O3/c1-8-3-4-9(12(13)14)10(7-8)15-6-2-5-11/h3-4,7H,2,6H2,1H3. The van der Waals surface area contributed by atoms with Crippen molar-refractivity contribution >= 4 is 5.69 Å². The van der Waals surface area contributed by atoms with Crippen molar-refractivity contribution in [3.05, 3.63) is 33.9 Å². The fourth-order valence-corrected chi connectivity index (χ4v) is 1.09. The maximum atomic E-state index is 10.6. The number of aryl methyl sites for hydroxylation is 1. The van der Waals surface area contributed by atoms with Crippen molar-refractivity contribution in [2.45, 2.75) is 13.3 Å². The van der Waals surface area contributed by atoms with E-state index < -0.39 is 4.92 Å². The van der Waals surface area contributed by atoms with Crippen LogP contribution in [0.5, 0.6) is 5.75 Å². The van der Waals surface area contributed by atoms with E-state index in [1.807, 2.05) is 13.0 Å². The number of nitrogens with zero attached hydrogens (tertiary/aromatic N) is 2. The molecule has 1 aromatic rings. The highest BCUT2D eigenvalue weighted by Gasteiger charge is 2.14. The van der Waals surface area contributed by atoms with Crippen molar-refractivity contribution in [2.75, 3.05) is 6.61 Å². The fraction of sp³-hybridized carbons (Fsp3) is 0.300. The van der Waals surface area contributed by atoms with Crippen LogP contribution in [0, 0.1) is 28.4 Å². The quantitative estimate of drug-likeness (QED) is 0.430. The van der Waals surface area contributed by atoms with Gasteiger partial charge < -0.3 is 4.74 Å². The van der Waals surface area contributed by atoms with Gasteiger partial charge in [-0.25, -0.2) is 0 Å². The van der Waals surface area contributed by atoms with Crippen molar-refractivity contribution in [3.63, 3.8) is 0 Å². The first-order chi connectivity index (χ1) is 7.15. The molecule has 0 N–H and O–H groups in total. The minimum atomic E-state index is -0.499. The van der Waals surface area contributed by atoms with Gasteiger partial charge in [0.15, 0.2) is 5.75 Å². The molecule has 5 nitrogen and oxygen atoms in total. The van der Waals surface area contributed by atoms with Crippen molar-refractivity contribution in [2.24, 2.45) is 0 Å². The smallest absolute Gasteiger partial charge is 0.310 e. The van der Waals surface area contributed by atoms with Crippen LogP contribution in [0.25, 0.3) is 0 Å². The zero-order chi connectivity index (χ0) is 11.3. The Morgan fingerprint density at radius 3 is 2.93 bits per heavy atom. The van der Waals surface area contributed by atoms with Gasteiger partial charge in [-0.3, -0.25) is 10.1 Å². The van der Waals surface area contributed by atoms with E-state index in [2.05, 4.69) is 0 Å². The molecule has 15 heavy (non-hydrogen) atoms. The Bertz CT molecular complexity index is 410. The molecule has 0 unspecified atom stereocenters. The maximum absolute atomic E-state index is 10.6. The lowest BCUT2D eigenvalue weighted by Gasteiger charge is -2.05. The summed E-state index contributed by atoms with van der Waals surface area (Å²) >= 11 is 0. The minimum Gasteiger partial charge on any atom is -0.486 e. The molecule has 0 spiro atoms. The Hall–Kier alpha value is -2.09. The third kappa shape index (κ3) is 2.95. The molecule has 1 aromatic carbocycles. The van der Waals surface area contributed by atoms with E-state index in [9.17, 15) is 10.1 Å². The molecule has 0 aliphatic heterocycles. The second-order valence-electron chi connectivity index (χ2n) is 2.98. The van der Waals surface area contributed by atoms with Crippen LogP contribution < -0.4 is 4.74 Å². The van der Waals surface area contributed by atoms with Crippen molar-refractivity contribution in [3.8, 4) is 11.8 Å². The van der Waals surface area contributed by atoms with Crippen LogP contribution in [0.4, 0.5) is 5.69 Å². The van der Waals surface area contributed by atoms with E-state index in [-0.39, 0.29) is 24.5 Å². The molecule has 0 fully saturated rings. The average Bonchev–Trinajstić information content (AvgIpc) is 2.18. The van der Waals surface area contributed by atoms with E-state index in [1.54, 1.807) is 12.1 Å². The third-order valence-electron chi connectivity index (χ3n) is 1.78. The summed E-state index contributed by atoms with van der Waals surface area (Å²) in [5.74, 6) is 0.218. The van der Waals surface area contributed by atoms with E-state index in [4.69, 9.17) is 10.00 Å². The topological polar surface area (TPSA) is 76.2 Å². The first-order valence-electron chi connectivity index (χ1n) is 4.40. The Balaban J connectivity index is 2.88. The summed E-state index contributed by atoms with van der Waals surface area (Å²) in [6, 6.07) is 6.55. The third-order valence-corrected chi connectivity index (χ3v) is 1.78. The van der Waals surface area contributed by atoms with Crippen LogP contribution in [-0.4, -0.2) is 11.5 Å². The van der Waals surface area contributed by atoms with Gasteiger partial charge in [0, 0.05) is 6.07 Å². The van der Waals surface area contributed by atoms with E-state index >= 15 is 0 Å². The van der Waals surface area contributed by atoms with E-state index in [1.165, 1.54) is 6.07 Å². The van der Waals surface area contributed by atoms with Gasteiger partial charge in [0.05, 0.1) is 17.4 Å². The molecule has 0 aromatic heterocycles. The number of rotatable bonds is 4. The fourth-order valence-electron chi connectivity index (χ4n) is 1.09. The van der Waals surface area contributed by atoms with Crippen LogP contribution >= 0.6 is 0 Å². The van der Waals surface area contributed by atoms with Crippen molar-refractivity contribution in [1.29, 1.82) is 5.26 Å². The van der Waals surface area contributed by atoms with E-state index in [0.717, 1.165) is 5.56 Å². The predicted octanol–water partition coefficient (Wildman–Crippen LogP) is 2.20. The largest absolute Gasteiger partial charge is 0.486 e. The van der Waals surface area contributed by atoms with E-state index in [0.29, 0.717) is 0 Å². The van der Waals surface area contributed by atoms with Crippen molar-refractivity contribution < 1.29 is 9.66 Å². The summed E-state index contributed by atoms with van der Waals surface area (Å²) in [6.07, 6.45) is 0.213. The number of hydrogen-bond acceptors (Lipinski definition) is 4. The Morgan fingerprint density at radius 2 is 2.33 bits per heavy atom. The van der Waals surface area contributed by atoms with Gasteiger partial charge in [-0.1, -0.05) is 6.07 Å². The maximum Gasteiger partial charge on any atom is 0.310 e. The number of hydrogen-bond donors (Lipinski definition) is 0. The molecule has 1 rings (SSSR count). The highest BCUT2D eigenvalue weighted by Crippen LogP contribution is 2.27. The molecule has 0 aliphatic rings. The van der Waals surface area contributed by atoms with Crippen LogP contribution in [-0.2, 0) is 0 Å². The number of nitriles is 1. The Morgan fingerprint density at radius 1 is 1.60 bits per heavy atom. The predicted molar refractivity (Wildman–Crippen MR) is 53.6 cm³/mol. The molecule has 0 atom stereocenters. The van der Waals surface area contributed by atoms with Crippen LogP contribution in [0.2, 0.25) is 0 Å². The summed E-state index contributed by atoms with van der Waals surface area (Å²) in [7, 11) is 0. The molecule has 0 amide bonds. The van der Waals surface area contributed by atoms with Gasteiger partial charge in [-0.15, -0.1) is 0 Å². The summed E-state index contributed by atoms with van der Waals surface area (Å²) < 4.78 is 5.16. The van der Waals surface area contributed by atoms with Crippen LogP contribution in [0.3, 0.4) is 0 Å². The molecule has 0 saturated heterocycles. The summed E-state index contributed by atoms with van der Waals surface area (Å²) in [5, 5.41) is 18.9. The lowest BCUT2D eigenvalue weighted by Crippen LogP contribution is -2.00. The highest BCUT2D eigenvalue weighted by molar-refractivity contribution is 5.48. The minimum absolute atomic E-state index is 0.0708. The zero-order valence-electron chi connectivity index (χ0n) is 8.27. The molecule has 0 heterocycles. The lowest BCUT2D eigenvalue weighted by atomic mass is 10.2. The Kier molecular flexibility index (Phi) is 3.63. The summed E-state index contributed by atoms with van der Waals surface area (Å²) in [4.78, 5) is 10.1. The number of nitro groups is 1. The zero-order valence-corrected chi connectivity index (χ0v) is 8.27. The Labute approximate surface area is 87.1 Å². The lowest BCUT2D eigenvalue weighted by molar-refractivity contribution is -0.385. The first kappa shape index (κ1) is 11.0. The average molecular weight is 206 g/mol. The second-order valence-corrected chi connectivity index (χ2v) is 2.98. The highest BCUT2D eigenvalue weighted by atomic mass is 16.6. The van der Waals surface area contributed by atoms with Gasteiger partial charge in [0.2, 0.25) is 0 Å². The summed E-state index contributed by atoms with van der Waals surface area (Å²) in [6.45, 7) is 1.99. The molecule has 5 heteroatoms. The van der Waals surface area contributed by atoms with Crippen molar-refractivity contribution in [1.82, 2.24) is 0 Å². The molecular formula is C10H10N2O3. The first-order valence-corrected chi connectivity index (χ1v) is 4.40. The number of nitro benzene ring substituents is 1. The molecule has 0 bridgehead atoms. The summed E-state index contributed by atoms with van der Waals surface area (Å²) in [5.41, 5.74) is 0.811. The van der Waals surface area contributed by atoms with Gasteiger partial charge >= 0.3 is 5.69 Å². The normalized spacial score (nSPS) is 9.33. The SMILES string of the molecule is Cc1ccc([N+](=O)[O-])c(OCCC#N)c1. The molecular weight excluding hydrogens is 196 g/mol. The van der Waals surface area contributed by atoms with Gasteiger partial charge in [-0.2, -0.15) is 5.26 Å². The van der Waals surface area contributed by atoms with Crippen LogP contribution in [0.1, 0.15) is 12.0 Å². The molecule has 0 aliphatic carbocycles. The molecule has 0 radical (unpaired) electrons.